The molecule has 0 aliphatic carbocycles. The number of aliphatic hydroxyl groups is 1. The van der Waals surface area contributed by atoms with Crippen LogP contribution < -0.4 is 4.74 Å². The van der Waals surface area contributed by atoms with Crippen LogP contribution >= 0.6 is 11.6 Å². The smallest absolute Gasteiger partial charge is 0.124 e. The molecule has 1 N–H and O–H groups in total. The number of aromatic nitrogens is 3. The number of rotatable bonds is 4. The summed E-state index contributed by atoms with van der Waals surface area (Å²) in [6.07, 6.45) is 1.71. The molecule has 0 bridgehead atoms. The van der Waals surface area contributed by atoms with Crippen molar-refractivity contribution in [3.8, 4) is 5.75 Å². The number of ether oxygens (including phenoxy) is 1. The predicted molar refractivity (Wildman–Crippen MR) is 72.4 cm³/mol. The van der Waals surface area contributed by atoms with Crippen LogP contribution in [0.2, 0.25) is 5.02 Å². The maximum absolute atomic E-state index is 9.85. The van der Waals surface area contributed by atoms with Gasteiger partial charge in [-0.1, -0.05) is 16.8 Å². The molecule has 0 spiro atoms. The quantitative estimate of drug-likeness (QED) is 0.933. The molecule has 0 atom stereocenters. The van der Waals surface area contributed by atoms with Gasteiger partial charge in [0.2, 0.25) is 0 Å². The van der Waals surface area contributed by atoms with Gasteiger partial charge in [0.05, 0.1) is 19.9 Å². The lowest BCUT2D eigenvalue weighted by molar-refractivity contribution is 0.0737. The van der Waals surface area contributed by atoms with Gasteiger partial charge in [0.25, 0.3) is 0 Å². The lowest BCUT2D eigenvalue weighted by atomic mass is 10.1. The van der Waals surface area contributed by atoms with Crippen LogP contribution in [0.5, 0.6) is 5.75 Å². The molecule has 0 unspecified atom stereocenters. The van der Waals surface area contributed by atoms with Crippen molar-refractivity contribution in [1.29, 1.82) is 0 Å². The molecule has 0 aliphatic rings. The van der Waals surface area contributed by atoms with Crippen LogP contribution in [-0.2, 0) is 12.1 Å². The highest BCUT2D eigenvalue weighted by Gasteiger charge is 2.20. The zero-order chi connectivity index (χ0) is 14.0. The number of methoxy groups -OCH3 is 1. The van der Waals surface area contributed by atoms with Gasteiger partial charge in [-0.3, -0.25) is 0 Å². The summed E-state index contributed by atoms with van der Waals surface area (Å²) in [5.41, 5.74) is 0.423. The van der Waals surface area contributed by atoms with Gasteiger partial charge in [-0.05, 0) is 32.0 Å². The topological polar surface area (TPSA) is 60.2 Å². The maximum Gasteiger partial charge on any atom is 0.124 e. The molecule has 0 radical (unpaired) electrons. The van der Waals surface area contributed by atoms with E-state index in [9.17, 15) is 5.11 Å². The van der Waals surface area contributed by atoms with Crippen molar-refractivity contribution in [2.75, 3.05) is 7.11 Å². The molecule has 102 valence electrons. The minimum absolute atomic E-state index is 0.479. The van der Waals surface area contributed by atoms with Gasteiger partial charge in [-0.2, -0.15) is 0 Å². The molecule has 0 aliphatic heterocycles. The molecule has 0 amide bonds. The summed E-state index contributed by atoms with van der Waals surface area (Å²) in [6.45, 7) is 3.81. The Morgan fingerprint density at radius 2 is 2.16 bits per heavy atom. The van der Waals surface area contributed by atoms with E-state index >= 15 is 0 Å². The molecule has 5 nitrogen and oxygen atoms in total. The molecule has 19 heavy (non-hydrogen) atoms. The standard InChI is InChI=1S/C13H16ClN3O2/c1-13(2,18)12-8-17(16-15-12)7-9-6-10(14)4-5-11(9)19-3/h4-6,8,18H,7H2,1-3H3. The Morgan fingerprint density at radius 1 is 1.42 bits per heavy atom. The largest absolute Gasteiger partial charge is 0.496 e. The first-order chi connectivity index (χ1) is 8.90. The molecule has 0 saturated heterocycles. The van der Waals surface area contributed by atoms with Gasteiger partial charge in [-0.15, -0.1) is 5.10 Å². The molecule has 2 aromatic rings. The van der Waals surface area contributed by atoms with Crippen molar-refractivity contribution in [1.82, 2.24) is 15.0 Å². The van der Waals surface area contributed by atoms with Gasteiger partial charge in [-0.25, -0.2) is 4.68 Å². The molecular weight excluding hydrogens is 266 g/mol. The lowest BCUT2D eigenvalue weighted by Crippen LogP contribution is -2.15. The zero-order valence-corrected chi connectivity index (χ0v) is 11.8. The molecule has 2 rings (SSSR count). The second kappa shape index (κ2) is 5.19. The van der Waals surface area contributed by atoms with E-state index in [1.165, 1.54) is 0 Å². The van der Waals surface area contributed by atoms with Gasteiger partial charge in [0.15, 0.2) is 0 Å². The number of nitrogens with zero attached hydrogens (tertiary/aromatic N) is 3. The maximum atomic E-state index is 9.85. The average molecular weight is 282 g/mol. The lowest BCUT2D eigenvalue weighted by Gasteiger charge is -2.12. The molecule has 6 heteroatoms. The Kier molecular flexibility index (Phi) is 3.78. The van der Waals surface area contributed by atoms with E-state index in [-0.39, 0.29) is 0 Å². The van der Waals surface area contributed by atoms with Crippen molar-refractivity contribution in [2.45, 2.75) is 26.0 Å². The Balaban J connectivity index is 2.26. The SMILES string of the molecule is COc1ccc(Cl)cc1Cn1cc(C(C)(C)O)nn1. The summed E-state index contributed by atoms with van der Waals surface area (Å²) in [6, 6.07) is 5.41. The summed E-state index contributed by atoms with van der Waals surface area (Å²) in [5.74, 6) is 0.740. The van der Waals surface area contributed by atoms with Crippen LogP contribution in [0.1, 0.15) is 25.1 Å². The first-order valence-electron chi connectivity index (χ1n) is 5.85. The normalized spacial score (nSPS) is 11.6. The minimum Gasteiger partial charge on any atom is -0.496 e. The van der Waals surface area contributed by atoms with E-state index in [1.807, 2.05) is 12.1 Å². The van der Waals surface area contributed by atoms with E-state index < -0.39 is 5.60 Å². The third-order valence-electron chi connectivity index (χ3n) is 2.74. The van der Waals surface area contributed by atoms with Gasteiger partial charge < -0.3 is 9.84 Å². The number of benzene rings is 1. The fourth-order valence-electron chi connectivity index (χ4n) is 1.70. The minimum atomic E-state index is -1.00. The van der Waals surface area contributed by atoms with Crippen molar-refractivity contribution in [2.24, 2.45) is 0 Å². The van der Waals surface area contributed by atoms with E-state index in [0.29, 0.717) is 17.3 Å². The van der Waals surface area contributed by atoms with Crippen LogP contribution in [0.3, 0.4) is 0 Å². The van der Waals surface area contributed by atoms with Crippen LogP contribution in [0.4, 0.5) is 0 Å². The Morgan fingerprint density at radius 3 is 2.74 bits per heavy atom. The van der Waals surface area contributed by atoms with E-state index in [4.69, 9.17) is 16.3 Å². The molecular formula is C13H16ClN3O2. The Hall–Kier alpha value is -1.59. The summed E-state index contributed by atoms with van der Waals surface area (Å²) in [4.78, 5) is 0. The van der Waals surface area contributed by atoms with Crippen molar-refractivity contribution in [3.05, 3.63) is 40.7 Å². The van der Waals surface area contributed by atoms with Crippen molar-refractivity contribution in [3.63, 3.8) is 0 Å². The van der Waals surface area contributed by atoms with Crippen molar-refractivity contribution < 1.29 is 9.84 Å². The fraction of sp³-hybridized carbons (Fsp3) is 0.385. The van der Waals surface area contributed by atoms with Gasteiger partial charge in [0.1, 0.15) is 17.0 Å². The highest BCUT2D eigenvalue weighted by molar-refractivity contribution is 6.30. The van der Waals surface area contributed by atoms with Crippen molar-refractivity contribution >= 4 is 11.6 Å². The third kappa shape index (κ3) is 3.24. The Labute approximate surface area is 116 Å². The molecule has 0 saturated carbocycles. The summed E-state index contributed by atoms with van der Waals surface area (Å²) < 4.78 is 6.92. The van der Waals surface area contributed by atoms with Crippen LogP contribution in [0.25, 0.3) is 0 Å². The van der Waals surface area contributed by atoms with Crippen LogP contribution in [0.15, 0.2) is 24.4 Å². The first kappa shape index (κ1) is 13.8. The molecule has 1 heterocycles. The van der Waals surface area contributed by atoms with Gasteiger partial charge >= 0.3 is 0 Å². The van der Waals surface area contributed by atoms with E-state index in [1.54, 1.807) is 37.9 Å². The molecule has 1 aromatic heterocycles. The number of halogens is 1. The van der Waals surface area contributed by atoms with Crippen LogP contribution in [-0.4, -0.2) is 27.2 Å². The first-order valence-corrected chi connectivity index (χ1v) is 6.23. The summed E-state index contributed by atoms with van der Waals surface area (Å²) in [7, 11) is 1.61. The number of hydrogen-bond donors (Lipinski definition) is 1. The van der Waals surface area contributed by atoms with Crippen LogP contribution in [0, 0.1) is 0 Å². The molecule has 0 fully saturated rings. The molecule has 1 aromatic carbocycles. The van der Waals surface area contributed by atoms with Gasteiger partial charge in [0, 0.05) is 10.6 Å². The number of hydrogen-bond acceptors (Lipinski definition) is 4. The third-order valence-corrected chi connectivity index (χ3v) is 2.98. The summed E-state index contributed by atoms with van der Waals surface area (Å²) >= 11 is 5.98. The fourth-order valence-corrected chi connectivity index (χ4v) is 1.90. The average Bonchev–Trinajstić information content (AvgIpc) is 2.77. The Bertz CT molecular complexity index is 576. The second-order valence-electron chi connectivity index (χ2n) is 4.82. The highest BCUT2D eigenvalue weighted by Crippen LogP contribution is 2.24. The second-order valence-corrected chi connectivity index (χ2v) is 5.25. The highest BCUT2D eigenvalue weighted by atomic mass is 35.5. The zero-order valence-electron chi connectivity index (χ0n) is 11.1. The van der Waals surface area contributed by atoms with E-state index in [2.05, 4.69) is 10.3 Å². The van der Waals surface area contributed by atoms with E-state index in [0.717, 1.165) is 11.3 Å². The predicted octanol–water partition coefficient (Wildman–Crippen LogP) is 2.22. The summed E-state index contributed by atoms with van der Waals surface area (Å²) in [5, 5.41) is 18.4. The monoisotopic (exact) mass is 281 g/mol.